The van der Waals surface area contributed by atoms with E-state index >= 15 is 0 Å². The van der Waals surface area contributed by atoms with Gasteiger partial charge < -0.3 is 15.0 Å². The molecule has 0 amide bonds. The van der Waals surface area contributed by atoms with Crippen LogP contribution in [0.15, 0.2) is 0 Å². The lowest BCUT2D eigenvalue weighted by Crippen LogP contribution is -2.29. The third kappa shape index (κ3) is 3.78. The van der Waals surface area contributed by atoms with Crippen molar-refractivity contribution in [1.29, 1.82) is 0 Å². The molecule has 0 aliphatic heterocycles. The summed E-state index contributed by atoms with van der Waals surface area (Å²) < 4.78 is 7.80. The molecular formula is C12H24N4O. The van der Waals surface area contributed by atoms with Crippen LogP contribution < -0.4 is 5.73 Å². The van der Waals surface area contributed by atoms with Gasteiger partial charge in [-0.25, -0.2) is 0 Å². The average Bonchev–Trinajstić information content (AvgIpc) is 2.55. The zero-order valence-corrected chi connectivity index (χ0v) is 11.7. The van der Waals surface area contributed by atoms with Gasteiger partial charge in [-0.3, -0.25) is 0 Å². The molecule has 0 spiro atoms. The second kappa shape index (κ2) is 4.74. The molecule has 0 aromatic carbocycles. The third-order valence-electron chi connectivity index (χ3n) is 2.28. The number of aromatic nitrogens is 3. The number of hydrogen-bond donors (Lipinski definition) is 1. The SMILES string of the molecule is CC(C)(C)OCc1nnc(CN)n1C(C)(C)C. The Hall–Kier alpha value is -0.940. The molecule has 0 radical (unpaired) electrons. The minimum Gasteiger partial charge on any atom is -0.368 e. The molecule has 0 saturated heterocycles. The first-order chi connectivity index (χ1) is 7.65. The van der Waals surface area contributed by atoms with Gasteiger partial charge in [-0.05, 0) is 41.5 Å². The molecule has 98 valence electrons. The zero-order chi connectivity index (χ0) is 13.3. The van der Waals surface area contributed by atoms with Crippen molar-refractivity contribution in [3.8, 4) is 0 Å². The van der Waals surface area contributed by atoms with Crippen LogP contribution in [0.5, 0.6) is 0 Å². The van der Waals surface area contributed by atoms with E-state index in [1.54, 1.807) is 0 Å². The summed E-state index contributed by atoms with van der Waals surface area (Å²) in [6, 6.07) is 0. The van der Waals surface area contributed by atoms with Gasteiger partial charge in [-0.2, -0.15) is 0 Å². The highest BCUT2D eigenvalue weighted by atomic mass is 16.5. The number of nitrogens with two attached hydrogens (primary N) is 1. The van der Waals surface area contributed by atoms with Gasteiger partial charge in [-0.1, -0.05) is 0 Å². The minimum atomic E-state index is -0.183. The van der Waals surface area contributed by atoms with Crippen LogP contribution >= 0.6 is 0 Å². The lowest BCUT2D eigenvalue weighted by atomic mass is 10.1. The van der Waals surface area contributed by atoms with E-state index < -0.39 is 0 Å². The number of ether oxygens (including phenoxy) is 1. The lowest BCUT2D eigenvalue weighted by molar-refractivity contribution is -0.0206. The van der Waals surface area contributed by atoms with E-state index in [0.29, 0.717) is 13.2 Å². The van der Waals surface area contributed by atoms with Crippen LogP contribution in [0.4, 0.5) is 0 Å². The maximum absolute atomic E-state index is 5.74. The van der Waals surface area contributed by atoms with Gasteiger partial charge in [0.1, 0.15) is 12.4 Å². The molecule has 1 aromatic rings. The summed E-state index contributed by atoms with van der Waals surface area (Å²) in [4.78, 5) is 0. The molecule has 0 aliphatic carbocycles. The molecule has 1 rings (SSSR count). The fourth-order valence-electron chi connectivity index (χ4n) is 1.63. The maximum atomic E-state index is 5.74. The Morgan fingerprint density at radius 1 is 1.06 bits per heavy atom. The predicted octanol–water partition coefficient (Wildman–Crippen LogP) is 1.81. The van der Waals surface area contributed by atoms with Crippen molar-refractivity contribution >= 4 is 0 Å². The molecule has 0 unspecified atom stereocenters. The van der Waals surface area contributed by atoms with E-state index in [9.17, 15) is 0 Å². The van der Waals surface area contributed by atoms with Crippen molar-refractivity contribution < 1.29 is 4.74 Å². The van der Waals surface area contributed by atoms with E-state index in [2.05, 4.69) is 35.5 Å². The van der Waals surface area contributed by atoms with Gasteiger partial charge in [0.25, 0.3) is 0 Å². The highest BCUT2D eigenvalue weighted by molar-refractivity contribution is 5.00. The lowest BCUT2D eigenvalue weighted by Gasteiger charge is -2.26. The second-order valence-electron chi connectivity index (χ2n) is 6.14. The standard InChI is InChI=1S/C12H24N4O/c1-11(2,3)16-9(7-13)14-15-10(16)8-17-12(4,5)6/h7-8,13H2,1-6H3. The van der Waals surface area contributed by atoms with E-state index in [4.69, 9.17) is 10.5 Å². The molecule has 0 aliphatic rings. The Morgan fingerprint density at radius 3 is 2.00 bits per heavy atom. The van der Waals surface area contributed by atoms with Crippen molar-refractivity contribution in [3.63, 3.8) is 0 Å². The molecule has 0 fully saturated rings. The summed E-state index contributed by atoms with van der Waals surface area (Å²) in [6.45, 7) is 13.2. The van der Waals surface area contributed by atoms with Crippen LogP contribution in [0.3, 0.4) is 0 Å². The Labute approximate surface area is 103 Å². The van der Waals surface area contributed by atoms with Gasteiger partial charge in [-0.15, -0.1) is 10.2 Å². The summed E-state index contributed by atoms with van der Waals surface area (Å²) in [5.41, 5.74) is 5.41. The zero-order valence-electron chi connectivity index (χ0n) is 11.7. The molecule has 0 saturated carbocycles. The van der Waals surface area contributed by atoms with Crippen molar-refractivity contribution in [2.24, 2.45) is 5.73 Å². The van der Waals surface area contributed by atoms with Crippen LogP contribution in [-0.4, -0.2) is 20.4 Å². The number of hydrogen-bond acceptors (Lipinski definition) is 4. The molecular weight excluding hydrogens is 216 g/mol. The van der Waals surface area contributed by atoms with Gasteiger partial charge >= 0.3 is 0 Å². The highest BCUT2D eigenvalue weighted by Gasteiger charge is 2.23. The molecule has 1 heterocycles. The number of rotatable bonds is 3. The van der Waals surface area contributed by atoms with Crippen molar-refractivity contribution in [1.82, 2.24) is 14.8 Å². The predicted molar refractivity (Wildman–Crippen MR) is 67.5 cm³/mol. The van der Waals surface area contributed by atoms with Gasteiger partial charge in [0.2, 0.25) is 0 Å². The Balaban J connectivity index is 2.97. The summed E-state index contributed by atoms with van der Waals surface area (Å²) >= 11 is 0. The first kappa shape index (κ1) is 14.1. The minimum absolute atomic E-state index is 0.0885. The van der Waals surface area contributed by atoms with Gasteiger partial charge in [0.05, 0.1) is 12.1 Å². The Bertz CT molecular complexity index is 371. The van der Waals surface area contributed by atoms with Crippen molar-refractivity contribution in [2.45, 2.75) is 65.8 Å². The van der Waals surface area contributed by atoms with Crippen molar-refractivity contribution in [2.75, 3.05) is 0 Å². The summed E-state index contributed by atoms with van der Waals surface area (Å²) in [5, 5.41) is 8.27. The van der Waals surface area contributed by atoms with Crippen LogP contribution in [0.25, 0.3) is 0 Å². The quantitative estimate of drug-likeness (QED) is 0.875. The summed E-state index contributed by atoms with van der Waals surface area (Å²) in [7, 11) is 0. The second-order valence-corrected chi connectivity index (χ2v) is 6.14. The van der Waals surface area contributed by atoms with Gasteiger partial charge in [0, 0.05) is 5.54 Å². The molecule has 1 aromatic heterocycles. The average molecular weight is 240 g/mol. The largest absolute Gasteiger partial charge is 0.368 e. The molecule has 2 N–H and O–H groups in total. The maximum Gasteiger partial charge on any atom is 0.159 e. The smallest absolute Gasteiger partial charge is 0.159 e. The Morgan fingerprint density at radius 2 is 1.59 bits per heavy atom. The molecule has 5 nitrogen and oxygen atoms in total. The highest BCUT2D eigenvalue weighted by Crippen LogP contribution is 2.20. The molecule has 17 heavy (non-hydrogen) atoms. The first-order valence-electron chi connectivity index (χ1n) is 5.93. The van der Waals surface area contributed by atoms with Crippen LogP contribution in [0.2, 0.25) is 0 Å². The first-order valence-corrected chi connectivity index (χ1v) is 5.93. The van der Waals surface area contributed by atoms with E-state index in [0.717, 1.165) is 11.6 Å². The molecule has 0 atom stereocenters. The fourth-order valence-corrected chi connectivity index (χ4v) is 1.63. The molecule has 5 heteroatoms. The number of nitrogens with zero attached hydrogens (tertiary/aromatic N) is 3. The van der Waals surface area contributed by atoms with E-state index in [1.807, 2.05) is 20.8 Å². The monoisotopic (exact) mass is 240 g/mol. The van der Waals surface area contributed by atoms with Crippen molar-refractivity contribution in [3.05, 3.63) is 11.6 Å². The van der Waals surface area contributed by atoms with Gasteiger partial charge in [0.15, 0.2) is 5.82 Å². The van der Waals surface area contributed by atoms with E-state index in [1.165, 1.54) is 0 Å². The molecule has 0 bridgehead atoms. The van der Waals surface area contributed by atoms with Crippen LogP contribution in [0.1, 0.15) is 53.2 Å². The summed E-state index contributed by atoms with van der Waals surface area (Å²) in [6.07, 6.45) is 0. The normalized spacial score (nSPS) is 13.1. The Kier molecular flexibility index (Phi) is 3.94. The topological polar surface area (TPSA) is 66.0 Å². The summed E-state index contributed by atoms with van der Waals surface area (Å²) in [5.74, 6) is 1.62. The van der Waals surface area contributed by atoms with Crippen LogP contribution in [0, 0.1) is 0 Å². The third-order valence-corrected chi connectivity index (χ3v) is 2.28. The fraction of sp³-hybridized carbons (Fsp3) is 0.833. The van der Waals surface area contributed by atoms with Crippen LogP contribution in [-0.2, 0) is 23.4 Å². The van der Waals surface area contributed by atoms with E-state index in [-0.39, 0.29) is 11.1 Å².